The first-order valence-corrected chi connectivity index (χ1v) is 6.22. The van der Waals surface area contributed by atoms with Crippen molar-refractivity contribution in [2.24, 2.45) is 5.92 Å². The molecule has 7 heteroatoms. The van der Waals surface area contributed by atoms with Crippen LogP contribution >= 0.6 is 0 Å². The Morgan fingerprint density at radius 3 is 2.70 bits per heavy atom. The van der Waals surface area contributed by atoms with E-state index in [9.17, 15) is 14.9 Å². The van der Waals surface area contributed by atoms with E-state index in [4.69, 9.17) is 9.84 Å². The Morgan fingerprint density at radius 1 is 1.55 bits per heavy atom. The number of hydrogen-bond donors (Lipinski definition) is 1. The molecule has 1 aromatic rings. The van der Waals surface area contributed by atoms with Crippen molar-refractivity contribution in [3.63, 3.8) is 0 Å². The summed E-state index contributed by atoms with van der Waals surface area (Å²) >= 11 is 0. The number of benzene rings is 1. The van der Waals surface area contributed by atoms with Crippen molar-refractivity contribution in [2.75, 3.05) is 25.1 Å². The standard InChI is InChI=1S/C13H18N2O5/c1-4-20-12-7-10(5-6-11(12)15(18)19)14(3)8-9(2)13(16)17/h5-7,9H,4,8H2,1-3H3,(H,16,17). The summed E-state index contributed by atoms with van der Waals surface area (Å²) in [6, 6.07) is 4.49. The van der Waals surface area contributed by atoms with Gasteiger partial charge >= 0.3 is 11.7 Å². The smallest absolute Gasteiger partial charge is 0.311 e. The van der Waals surface area contributed by atoms with Gasteiger partial charge in [-0.15, -0.1) is 0 Å². The zero-order valence-corrected chi connectivity index (χ0v) is 11.7. The van der Waals surface area contributed by atoms with E-state index in [-0.39, 0.29) is 11.4 Å². The van der Waals surface area contributed by atoms with E-state index in [1.807, 2.05) is 0 Å². The highest BCUT2D eigenvalue weighted by molar-refractivity contribution is 5.70. The van der Waals surface area contributed by atoms with Gasteiger partial charge < -0.3 is 14.7 Å². The second-order valence-electron chi connectivity index (χ2n) is 4.46. The van der Waals surface area contributed by atoms with Crippen molar-refractivity contribution in [1.82, 2.24) is 0 Å². The molecular formula is C13H18N2O5. The van der Waals surface area contributed by atoms with Gasteiger partial charge in [0.15, 0.2) is 5.75 Å². The summed E-state index contributed by atoms with van der Waals surface area (Å²) in [7, 11) is 1.73. The first-order valence-electron chi connectivity index (χ1n) is 6.22. The van der Waals surface area contributed by atoms with Crippen LogP contribution in [0, 0.1) is 16.0 Å². The zero-order valence-electron chi connectivity index (χ0n) is 11.7. The van der Waals surface area contributed by atoms with E-state index < -0.39 is 16.8 Å². The Hall–Kier alpha value is -2.31. The molecule has 0 aliphatic rings. The van der Waals surface area contributed by atoms with Gasteiger partial charge in [-0.2, -0.15) is 0 Å². The van der Waals surface area contributed by atoms with Crippen LogP contribution in [-0.2, 0) is 4.79 Å². The first kappa shape index (κ1) is 15.7. The molecule has 0 fully saturated rings. The summed E-state index contributed by atoms with van der Waals surface area (Å²) in [6.45, 7) is 3.97. The number of nitro groups is 1. The SMILES string of the molecule is CCOc1cc(N(C)CC(C)C(=O)O)ccc1[N+](=O)[O-]. The number of hydrogen-bond acceptors (Lipinski definition) is 5. The van der Waals surface area contributed by atoms with Gasteiger partial charge in [0.05, 0.1) is 17.4 Å². The molecule has 1 N–H and O–H groups in total. The topological polar surface area (TPSA) is 92.9 Å². The Kier molecular flexibility index (Phi) is 5.31. The number of carboxylic acid groups (broad SMARTS) is 1. The van der Waals surface area contributed by atoms with Crippen LogP contribution in [0.25, 0.3) is 0 Å². The molecule has 110 valence electrons. The van der Waals surface area contributed by atoms with Crippen LogP contribution in [0.15, 0.2) is 18.2 Å². The molecule has 0 aromatic heterocycles. The molecule has 1 atom stereocenters. The van der Waals surface area contributed by atoms with E-state index in [0.29, 0.717) is 18.8 Å². The van der Waals surface area contributed by atoms with E-state index >= 15 is 0 Å². The third-order valence-electron chi connectivity index (χ3n) is 2.85. The molecule has 0 saturated heterocycles. The molecule has 1 unspecified atom stereocenters. The molecule has 20 heavy (non-hydrogen) atoms. The molecule has 0 heterocycles. The van der Waals surface area contributed by atoms with Gasteiger partial charge in [0.2, 0.25) is 0 Å². The third kappa shape index (κ3) is 3.84. The van der Waals surface area contributed by atoms with Crippen molar-refractivity contribution in [1.29, 1.82) is 0 Å². The number of rotatable bonds is 7. The minimum atomic E-state index is -0.885. The monoisotopic (exact) mass is 282 g/mol. The van der Waals surface area contributed by atoms with Gasteiger partial charge in [0.25, 0.3) is 0 Å². The number of carbonyl (C=O) groups is 1. The highest BCUT2D eigenvalue weighted by atomic mass is 16.6. The molecular weight excluding hydrogens is 264 g/mol. The third-order valence-corrected chi connectivity index (χ3v) is 2.85. The van der Waals surface area contributed by atoms with Crippen molar-refractivity contribution < 1.29 is 19.6 Å². The van der Waals surface area contributed by atoms with Crippen LogP contribution in [0.1, 0.15) is 13.8 Å². The Morgan fingerprint density at radius 2 is 2.20 bits per heavy atom. The first-order chi connectivity index (χ1) is 9.36. The summed E-state index contributed by atoms with van der Waals surface area (Å²) in [4.78, 5) is 22.9. The molecule has 1 aromatic carbocycles. The van der Waals surface area contributed by atoms with E-state index in [1.165, 1.54) is 6.07 Å². The Labute approximate surface area is 116 Å². The molecule has 1 rings (SSSR count). The lowest BCUT2D eigenvalue weighted by molar-refractivity contribution is -0.385. The Bertz CT molecular complexity index is 504. The predicted octanol–water partition coefficient (Wildman–Crippen LogP) is 2.15. The van der Waals surface area contributed by atoms with Crippen LogP contribution < -0.4 is 9.64 Å². The highest BCUT2D eigenvalue weighted by Crippen LogP contribution is 2.31. The maximum atomic E-state index is 10.9. The molecule has 0 saturated carbocycles. The molecule has 0 aliphatic carbocycles. The summed E-state index contributed by atoms with van der Waals surface area (Å²) in [5.74, 6) is -1.24. The fourth-order valence-corrected chi connectivity index (χ4v) is 1.76. The average Bonchev–Trinajstić information content (AvgIpc) is 2.38. The van der Waals surface area contributed by atoms with E-state index in [0.717, 1.165) is 0 Å². The minimum absolute atomic E-state index is 0.102. The van der Waals surface area contributed by atoms with Gasteiger partial charge in [-0.3, -0.25) is 14.9 Å². The molecule has 0 aliphatic heterocycles. The number of nitrogens with zero attached hydrogens (tertiary/aromatic N) is 2. The number of anilines is 1. The molecule has 0 bridgehead atoms. The van der Waals surface area contributed by atoms with Crippen molar-refractivity contribution in [2.45, 2.75) is 13.8 Å². The summed E-state index contributed by atoms with van der Waals surface area (Å²) in [6.07, 6.45) is 0. The number of nitro benzene ring substituents is 1. The quantitative estimate of drug-likeness (QED) is 0.608. The summed E-state index contributed by atoms with van der Waals surface area (Å²) < 4.78 is 5.26. The number of ether oxygens (including phenoxy) is 1. The van der Waals surface area contributed by atoms with Crippen molar-refractivity contribution >= 4 is 17.3 Å². The van der Waals surface area contributed by atoms with Gasteiger partial charge in [-0.1, -0.05) is 6.92 Å². The lowest BCUT2D eigenvalue weighted by atomic mass is 10.1. The van der Waals surface area contributed by atoms with Crippen molar-refractivity contribution in [3.8, 4) is 5.75 Å². The lowest BCUT2D eigenvalue weighted by Gasteiger charge is -2.22. The van der Waals surface area contributed by atoms with Crippen LogP contribution in [0.3, 0.4) is 0 Å². The number of carboxylic acids is 1. The van der Waals surface area contributed by atoms with Crippen LogP contribution in [0.2, 0.25) is 0 Å². The lowest BCUT2D eigenvalue weighted by Crippen LogP contribution is -2.28. The second kappa shape index (κ2) is 6.74. The van der Waals surface area contributed by atoms with E-state index in [2.05, 4.69) is 0 Å². The normalized spacial score (nSPS) is 11.8. The molecule has 0 amide bonds. The minimum Gasteiger partial charge on any atom is -0.487 e. The van der Waals surface area contributed by atoms with Crippen LogP contribution in [0.5, 0.6) is 5.75 Å². The highest BCUT2D eigenvalue weighted by Gasteiger charge is 2.18. The van der Waals surface area contributed by atoms with Crippen LogP contribution in [0.4, 0.5) is 11.4 Å². The van der Waals surface area contributed by atoms with Crippen LogP contribution in [-0.4, -0.2) is 36.2 Å². The number of aliphatic carboxylic acids is 1. The second-order valence-corrected chi connectivity index (χ2v) is 4.46. The molecule has 0 radical (unpaired) electrons. The van der Waals surface area contributed by atoms with E-state index in [1.54, 1.807) is 37.9 Å². The maximum absolute atomic E-state index is 10.9. The van der Waals surface area contributed by atoms with Crippen molar-refractivity contribution in [3.05, 3.63) is 28.3 Å². The average molecular weight is 282 g/mol. The van der Waals surface area contributed by atoms with Gasteiger partial charge in [0, 0.05) is 31.4 Å². The maximum Gasteiger partial charge on any atom is 0.311 e. The largest absolute Gasteiger partial charge is 0.487 e. The fourth-order valence-electron chi connectivity index (χ4n) is 1.76. The Balaban J connectivity index is 2.98. The fraction of sp³-hybridized carbons (Fsp3) is 0.462. The zero-order chi connectivity index (χ0) is 15.3. The van der Waals surface area contributed by atoms with Gasteiger partial charge in [-0.05, 0) is 13.0 Å². The molecule has 0 spiro atoms. The predicted molar refractivity (Wildman–Crippen MR) is 74.3 cm³/mol. The molecule has 7 nitrogen and oxygen atoms in total. The van der Waals surface area contributed by atoms with Gasteiger partial charge in [-0.25, -0.2) is 0 Å². The van der Waals surface area contributed by atoms with Gasteiger partial charge in [0.1, 0.15) is 0 Å². The summed E-state index contributed by atoms with van der Waals surface area (Å²) in [5, 5.41) is 19.8. The summed E-state index contributed by atoms with van der Waals surface area (Å²) in [5.41, 5.74) is 0.572.